The van der Waals surface area contributed by atoms with Crippen molar-refractivity contribution >= 4 is 23.9 Å². The summed E-state index contributed by atoms with van der Waals surface area (Å²) in [5.74, 6) is -2.74. The van der Waals surface area contributed by atoms with Gasteiger partial charge in [-0.15, -0.1) is 0 Å². The van der Waals surface area contributed by atoms with Crippen LogP contribution in [-0.2, 0) is 49.5 Å². The molecule has 0 amide bonds. The molecule has 0 spiro atoms. The molecular formula is C47H80O12. The standard InChI is InChI=1S/C27H42O6.C20H38O6/c1-20(2)14-15-23(21(3)28)13-10-16-31-19-24(17-25(29)33-27(4,5)6)26(30)32-18-22-11-8-7-9-12-22;1-14(2)9-10-16(15(3)21)8-7-11-25-13-17(19(23)24)12-18(22)26-20(4,5)6/h7-13,20-21,23-24,28H,14-19H2,1-6H3;14-17,21H,7-13H2,1-6H3,(H,23,24)/b13-10+;/t21-,23-,24-;15-,16-,17-/m00/s1. The van der Waals surface area contributed by atoms with Crippen molar-refractivity contribution in [2.75, 3.05) is 26.4 Å². The number of esters is 3. The Bertz CT molecular complexity index is 1320. The Hall–Kier alpha value is -3.32. The number of hydrogen-bond acceptors (Lipinski definition) is 11. The van der Waals surface area contributed by atoms with Crippen molar-refractivity contribution in [1.29, 1.82) is 0 Å². The third kappa shape index (κ3) is 31.3. The Morgan fingerprint density at radius 2 is 1.20 bits per heavy atom. The van der Waals surface area contributed by atoms with Crippen LogP contribution in [0.15, 0.2) is 42.5 Å². The van der Waals surface area contributed by atoms with Crippen LogP contribution in [-0.4, -0.2) is 89.0 Å². The van der Waals surface area contributed by atoms with E-state index in [4.69, 9.17) is 23.7 Å². The number of aliphatic hydroxyl groups is 2. The number of aliphatic hydroxyl groups excluding tert-OH is 2. The summed E-state index contributed by atoms with van der Waals surface area (Å²) in [5, 5.41) is 29.1. The van der Waals surface area contributed by atoms with E-state index in [-0.39, 0.29) is 57.2 Å². The fourth-order valence-corrected chi connectivity index (χ4v) is 5.82. The van der Waals surface area contributed by atoms with Crippen molar-refractivity contribution in [1.82, 2.24) is 0 Å². The number of carbonyl (C=O) groups excluding carboxylic acids is 3. The molecule has 0 aromatic heterocycles. The van der Waals surface area contributed by atoms with Crippen LogP contribution < -0.4 is 0 Å². The molecule has 1 aromatic carbocycles. The number of carboxylic acids is 1. The van der Waals surface area contributed by atoms with Gasteiger partial charge in [-0.2, -0.15) is 0 Å². The second-order valence-electron chi connectivity index (χ2n) is 18.4. The number of hydrogen-bond donors (Lipinski definition) is 3. The van der Waals surface area contributed by atoms with Gasteiger partial charge in [-0.25, -0.2) is 0 Å². The Labute approximate surface area is 355 Å². The quantitative estimate of drug-likeness (QED) is 0.0333. The van der Waals surface area contributed by atoms with Gasteiger partial charge in [0.15, 0.2) is 0 Å². The molecule has 0 saturated carbocycles. The molecular weight excluding hydrogens is 757 g/mol. The van der Waals surface area contributed by atoms with Crippen LogP contribution in [0.2, 0.25) is 0 Å². The van der Waals surface area contributed by atoms with Gasteiger partial charge in [0.1, 0.15) is 17.8 Å². The Kier molecular flexibility index (Phi) is 28.1. The van der Waals surface area contributed by atoms with E-state index in [2.05, 4.69) is 27.7 Å². The fraction of sp³-hybridized carbons (Fsp3) is 0.745. The number of ether oxygens (including phenoxy) is 5. The summed E-state index contributed by atoms with van der Waals surface area (Å²) in [6.45, 7) is 23.7. The number of carbonyl (C=O) groups is 4. The molecule has 0 aliphatic heterocycles. The highest BCUT2D eigenvalue weighted by Gasteiger charge is 2.28. The molecule has 340 valence electrons. The van der Waals surface area contributed by atoms with Crippen molar-refractivity contribution in [2.24, 2.45) is 35.5 Å². The topological polar surface area (TPSA) is 175 Å². The smallest absolute Gasteiger partial charge is 0.312 e. The van der Waals surface area contributed by atoms with Crippen LogP contribution in [0.5, 0.6) is 0 Å². The average Bonchev–Trinajstić information content (AvgIpc) is 3.10. The molecule has 0 saturated heterocycles. The van der Waals surface area contributed by atoms with Crippen molar-refractivity contribution < 1.29 is 58.2 Å². The third-order valence-corrected chi connectivity index (χ3v) is 9.17. The Morgan fingerprint density at radius 1 is 0.678 bits per heavy atom. The van der Waals surface area contributed by atoms with E-state index in [0.717, 1.165) is 44.1 Å². The molecule has 0 aliphatic carbocycles. The SMILES string of the molecule is CC(C)CC[C@H](/C=C/COC[C@H](CC(=O)OC(C)(C)C)C(=O)OCc1ccccc1)[C@H](C)O.CC(C)CC[C@H](CCCOC[C@H](CC(=O)OC(C)(C)C)C(=O)O)[C@H](C)O. The fourth-order valence-electron chi connectivity index (χ4n) is 5.82. The molecule has 12 heteroatoms. The highest BCUT2D eigenvalue weighted by Crippen LogP contribution is 2.22. The molecule has 0 bridgehead atoms. The predicted octanol–water partition coefficient (Wildman–Crippen LogP) is 8.73. The third-order valence-electron chi connectivity index (χ3n) is 9.17. The van der Waals surface area contributed by atoms with Crippen LogP contribution in [0.25, 0.3) is 0 Å². The minimum absolute atomic E-state index is 0.0140. The lowest BCUT2D eigenvalue weighted by Gasteiger charge is -2.22. The van der Waals surface area contributed by atoms with Crippen molar-refractivity contribution in [3.05, 3.63) is 48.0 Å². The molecule has 6 atom stereocenters. The molecule has 0 aliphatic rings. The molecule has 12 nitrogen and oxygen atoms in total. The lowest BCUT2D eigenvalue weighted by atomic mass is 9.90. The summed E-state index contributed by atoms with van der Waals surface area (Å²) < 4.78 is 27.1. The average molecular weight is 837 g/mol. The van der Waals surface area contributed by atoms with Crippen LogP contribution in [0, 0.1) is 35.5 Å². The minimum Gasteiger partial charge on any atom is -0.481 e. The van der Waals surface area contributed by atoms with Gasteiger partial charge in [0.2, 0.25) is 0 Å². The zero-order valence-electron chi connectivity index (χ0n) is 38.4. The van der Waals surface area contributed by atoms with Crippen LogP contribution >= 0.6 is 0 Å². The van der Waals surface area contributed by atoms with E-state index in [1.807, 2.05) is 49.4 Å². The van der Waals surface area contributed by atoms with Gasteiger partial charge >= 0.3 is 23.9 Å². The largest absolute Gasteiger partial charge is 0.481 e. The lowest BCUT2D eigenvalue weighted by molar-refractivity contribution is -0.163. The maximum absolute atomic E-state index is 12.7. The number of rotatable bonds is 27. The van der Waals surface area contributed by atoms with Gasteiger partial charge in [0, 0.05) is 12.5 Å². The normalized spacial score (nSPS) is 15.1. The first-order chi connectivity index (χ1) is 27.4. The van der Waals surface area contributed by atoms with Crippen molar-refractivity contribution in [3.8, 4) is 0 Å². The molecule has 59 heavy (non-hydrogen) atoms. The highest BCUT2D eigenvalue weighted by atomic mass is 16.6. The van der Waals surface area contributed by atoms with E-state index in [9.17, 15) is 34.5 Å². The van der Waals surface area contributed by atoms with E-state index >= 15 is 0 Å². The van der Waals surface area contributed by atoms with Gasteiger partial charge in [-0.1, -0.05) is 83.0 Å². The molecule has 3 N–H and O–H groups in total. The van der Waals surface area contributed by atoms with Crippen molar-refractivity contribution in [3.63, 3.8) is 0 Å². The Balaban J connectivity index is 0.00000118. The molecule has 1 rings (SSSR count). The first-order valence-electron chi connectivity index (χ1n) is 21.4. The van der Waals surface area contributed by atoms with E-state index in [0.29, 0.717) is 18.4 Å². The zero-order valence-corrected chi connectivity index (χ0v) is 38.4. The summed E-state index contributed by atoms with van der Waals surface area (Å²) in [4.78, 5) is 48.0. The molecule has 1 aromatic rings. The number of aliphatic carboxylic acids is 1. The zero-order chi connectivity index (χ0) is 45.2. The van der Waals surface area contributed by atoms with Gasteiger partial charge in [-0.3, -0.25) is 19.2 Å². The monoisotopic (exact) mass is 837 g/mol. The molecule has 0 fully saturated rings. The highest BCUT2D eigenvalue weighted by molar-refractivity contribution is 5.80. The summed E-state index contributed by atoms with van der Waals surface area (Å²) in [6, 6.07) is 9.38. The lowest BCUT2D eigenvalue weighted by Crippen LogP contribution is -2.30. The maximum atomic E-state index is 12.7. The Morgan fingerprint density at radius 3 is 1.69 bits per heavy atom. The molecule has 0 unspecified atom stereocenters. The molecule has 0 heterocycles. The summed E-state index contributed by atoms with van der Waals surface area (Å²) >= 11 is 0. The maximum Gasteiger partial charge on any atom is 0.312 e. The van der Waals surface area contributed by atoms with Gasteiger partial charge < -0.3 is 39.0 Å². The summed E-state index contributed by atoms with van der Waals surface area (Å²) in [6.07, 6.45) is 8.31. The predicted molar refractivity (Wildman–Crippen MR) is 230 cm³/mol. The minimum atomic E-state index is -1.06. The van der Waals surface area contributed by atoms with Gasteiger partial charge in [-0.05, 0) is 104 Å². The van der Waals surface area contributed by atoms with Crippen LogP contribution in [0.4, 0.5) is 0 Å². The van der Waals surface area contributed by atoms with E-state index < -0.39 is 53.0 Å². The summed E-state index contributed by atoms with van der Waals surface area (Å²) in [7, 11) is 0. The van der Waals surface area contributed by atoms with Crippen LogP contribution in [0.3, 0.4) is 0 Å². The summed E-state index contributed by atoms with van der Waals surface area (Å²) in [5.41, 5.74) is -0.394. The number of carboxylic acid groups (broad SMARTS) is 1. The van der Waals surface area contributed by atoms with Crippen molar-refractivity contribution in [2.45, 2.75) is 164 Å². The second kappa shape index (κ2) is 29.8. The molecule has 0 radical (unpaired) electrons. The first kappa shape index (κ1) is 55.7. The van der Waals surface area contributed by atoms with E-state index in [1.165, 1.54) is 0 Å². The number of benzene rings is 1. The van der Waals surface area contributed by atoms with E-state index in [1.54, 1.807) is 48.5 Å². The van der Waals surface area contributed by atoms with Gasteiger partial charge in [0.05, 0.1) is 56.7 Å². The van der Waals surface area contributed by atoms with Crippen LogP contribution in [0.1, 0.15) is 140 Å². The first-order valence-corrected chi connectivity index (χ1v) is 21.4. The second-order valence-corrected chi connectivity index (χ2v) is 18.4. The van der Waals surface area contributed by atoms with Gasteiger partial charge in [0.25, 0.3) is 0 Å².